The lowest BCUT2D eigenvalue weighted by atomic mass is 9.95. The van der Waals surface area contributed by atoms with Crippen LogP contribution in [0.5, 0.6) is 0 Å². The molecule has 2 N–H and O–H groups in total. The van der Waals surface area contributed by atoms with Crippen molar-refractivity contribution in [1.29, 1.82) is 0 Å². The van der Waals surface area contributed by atoms with E-state index < -0.39 is 18.0 Å². The van der Waals surface area contributed by atoms with Gasteiger partial charge in [-0.25, -0.2) is 0 Å². The maximum atomic E-state index is 11.2. The normalized spacial score (nSPS) is 12.2. The highest BCUT2D eigenvalue weighted by molar-refractivity contribution is 5.69. The molecule has 0 saturated carbocycles. The molecule has 1 unspecified atom stereocenters. The smallest absolute Gasteiger partial charge is 0.307 e. The van der Waals surface area contributed by atoms with Gasteiger partial charge in [0.15, 0.2) is 0 Å². The lowest BCUT2D eigenvalue weighted by Crippen LogP contribution is -2.21. The largest absolute Gasteiger partial charge is 0.481 e. The Hall–Kier alpha value is -2.92. The van der Waals surface area contributed by atoms with Crippen LogP contribution >= 0.6 is 0 Å². The molecule has 0 aliphatic heterocycles. The minimum atomic E-state index is -0.929. The van der Waals surface area contributed by atoms with Crippen molar-refractivity contribution in [3.05, 3.63) is 72.3 Å². The predicted octanol–water partition coefficient (Wildman–Crippen LogP) is 3.79. The van der Waals surface area contributed by atoms with Gasteiger partial charge in [-0.05, 0) is 23.1 Å². The second-order valence-corrected chi connectivity index (χ2v) is 5.85. The van der Waals surface area contributed by atoms with Crippen molar-refractivity contribution in [2.24, 2.45) is 0 Å². The first-order chi connectivity index (χ1) is 12.6. The third kappa shape index (κ3) is 6.53. The molecule has 0 spiro atoms. The molecule has 0 heterocycles. The summed E-state index contributed by atoms with van der Waals surface area (Å²) >= 11 is 0. The van der Waals surface area contributed by atoms with E-state index in [2.05, 4.69) is 0 Å². The van der Waals surface area contributed by atoms with Crippen LogP contribution in [0.2, 0.25) is 0 Å². The average molecular weight is 354 g/mol. The first kappa shape index (κ1) is 19.4. The molecular formula is C21H22O5. The fraction of sp³-hybridized carbons (Fsp3) is 0.238. The number of rotatable bonds is 10. The topological polar surface area (TPSA) is 83.8 Å². The quantitative estimate of drug-likeness (QED) is 0.634. The van der Waals surface area contributed by atoms with E-state index in [0.29, 0.717) is 6.42 Å². The maximum Gasteiger partial charge on any atom is 0.307 e. The van der Waals surface area contributed by atoms with Gasteiger partial charge < -0.3 is 14.9 Å². The Morgan fingerprint density at radius 3 is 2.31 bits per heavy atom. The molecule has 0 fully saturated rings. The second-order valence-electron chi connectivity index (χ2n) is 5.85. The van der Waals surface area contributed by atoms with Crippen molar-refractivity contribution >= 4 is 11.9 Å². The molecule has 0 aliphatic rings. The molecule has 0 aromatic heterocycles. The van der Waals surface area contributed by atoms with Gasteiger partial charge in [-0.2, -0.15) is 0 Å². The molecule has 2 aromatic rings. The molecule has 26 heavy (non-hydrogen) atoms. The number of carbonyl (C=O) groups is 2. The van der Waals surface area contributed by atoms with Gasteiger partial charge in [-0.15, -0.1) is 0 Å². The highest BCUT2D eigenvalue weighted by Crippen LogP contribution is 2.25. The average Bonchev–Trinajstić information content (AvgIpc) is 2.62. The number of benzene rings is 2. The number of ether oxygens (including phenoxy) is 1. The molecule has 0 saturated heterocycles. The Kier molecular flexibility index (Phi) is 7.58. The van der Waals surface area contributed by atoms with Crippen molar-refractivity contribution in [1.82, 2.24) is 0 Å². The molecule has 0 radical (unpaired) electrons. The molecule has 0 bridgehead atoms. The summed E-state index contributed by atoms with van der Waals surface area (Å²) in [6, 6.07) is 17.8. The van der Waals surface area contributed by atoms with Crippen LogP contribution in [0.4, 0.5) is 0 Å². The Labute approximate surface area is 152 Å². The van der Waals surface area contributed by atoms with Gasteiger partial charge in [-0.3, -0.25) is 9.59 Å². The summed E-state index contributed by atoms with van der Waals surface area (Å²) in [5, 5.41) is 17.8. The van der Waals surface area contributed by atoms with Gasteiger partial charge in [0.05, 0.1) is 25.6 Å². The zero-order chi connectivity index (χ0) is 18.8. The first-order valence-electron chi connectivity index (χ1n) is 8.39. The Morgan fingerprint density at radius 2 is 1.62 bits per heavy atom. The number of hydrogen-bond donors (Lipinski definition) is 2. The molecule has 2 rings (SSSR count). The lowest BCUT2D eigenvalue weighted by Gasteiger charge is -2.17. The predicted molar refractivity (Wildman–Crippen MR) is 99.0 cm³/mol. The Balaban J connectivity index is 2.09. The van der Waals surface area contributed by atoms with Crippen LogP contribution in [-0.2, 0) is 20.7 Å². The van der Waals surface area contributed by atoms with Crippen LogP contribution in [0.3, 0.4) is 0 Å². The third-order valence-electron chi connectivity index (χ3n) is 3.84. The van der Waals surface area contributed by atoms with Crippen LogP contribution < -0.4 is 0 Å². The summed E-state index contributed by atoms with van der Waals surface area (Å²) in [5.41, 5.74) is 3.13. The van der Waals surface area contributed by atoms with E-state index in [4.69, 9.17) is 14.9 Å². The molecule has 136 valence electrons. The van der Waals surface area contributed by atoms with Gasteiger partial charge >= 0.3 is 11.9 Å². The van der Waals surface area contributed by atoms with E-state index >= 15 is 0 Å². The van der Waals surface area contributed by atoms with E-state index in [0.717, 1.165) is 16.7 Å². The van der Waals surface area contributed by atoms with Crippen LogP contribution in [0.15, 0.2) is 66.7 Å². The van der Waals surface area contributed by atoms with Crippen LogP contribution in [0.25, 0.3) is 11.1 Å². The van der Waals surface area contributed by atoms with Crippen LogP contribution in [0.1, 0.15) is 18.4 Å². The first-order valence-corrected chi connectivity index (χ1v) is 8.39. The SMILES string of the molecule is O=C(O)CC=CCOC(CC(=O)O)Cc1ccccc1-c1ccccc1. The molecule has 5 heteroatoms. The summed E-state index contributed by atoms with van der Waals surface area (Å²) in [6.07, 6.45) is 2.88. The summed E-state index contributed by atoms with van der Waals surface area (Å²) in [6.45, 7) is 0.179. The van der Waals surface area contributed by atoms with Crippen LogP contribution in [-0.4, -0.2) is 34.9 Å². The van der Waals surface area contributed by atoms with Gasteiger partial charge in [0.25, 0.3) is 0 Å². The van der Waals surface area contributed by atoms with Gasteiger partial charge in [0.1, 0.15) is 0 Å². The van der Waals surface area contributed by atoms with Gasteiger partial charge in [-0.1, -0.05) is 66.7 Å². The Morgan fingerprint density at radius 1 is 0.923 bits per heavy atom. The van der Waals surface area contributed by atoms with Crippen LogP contribution in [0, 0.1) is 0 Å². The molecule has 0 aliphatic carbocycles. The molecule has 5 nitrogen and oxygen atoms in total. The summed E-state index contributed by atoms with van der Waals surface area (Å²) in [4.78, 5) is 21.6. The zero-order valence-electron chi connectivity index (χ0n) is 14.4. The standard InChI is InChI=1S/C21H22O5/c22-20(23)12-6-7-13-26-18(15-21(24)25)14-17-10-4-5-11-19(17)16-8-2-1-3-9-16/h1-11,18H,12-15H2,(H,22,23)(H,24,25). The van der Waals surface area contributed by atoms with Crippen molar-refractivity contribution in [3.8, 4) is 11.1 Å². The minimum Gasteiger partial charge on any atom is -0.481 e. The summed E-state index contributed by atoms with van der Waals surface area (Å²) in [5.74, 6) is -1.85. The summed E-state index contributed by atoms with van der Waals surface area (Å²) in [7, 11) is 0. The number of aliphatic carboxylic acids is 2. The Bertz CT molecular complexity index is 752. The minimum absolute atomic E-state index is 0.0796. The second kappa shape index (κ2) is 10.2. The highest BCUT2D eigenvalue weighted by atomic mass is 16.5. The maximum absolute atomic E-state index is 11.2. The lowest BCUT2D eigenvalue weighted by molar-refractivity contribution is -0.140. The number of hydrogen-bond acceptors (Lipinski definition) is 3. The van der Waals surface area contributed by atoms with Gasteiger partial charge in [0, 0.05) is 0 Å². The molecular weight excluding hydrogens is 332 g/mol. The number of carboxylic acid groups (broad SMARTS) is 2. The van der Waals surface area contributed by atoms with E-state index in [1.165, 1.54) is 6.08 Å². The van der Waals surface area contributed by atoms with Crippen molar-refractivity contribution in [2.75, 3.05) is 6.61 Å². The van der Waals surface area contributed by atoms with Gasteiger partial charge in [0.2, 0.25) is 0 Å². The van der Waals surface area contributed by atoms with E-state index in [-0.39, 0.29) is 19.4 Å². The number of carboxylic acids is 2. The van der Waals surface area contributed by atoms with E-state index in [1.807, 2.05) is 54.6 Å². The highest BCUT2D eigenvalue weighted by Gasteiger charge is 2.16. The third-order valence-corrected chi connectivity index (χ3v) is 3.84. The zero-order valence-corrected chi connectivity index (χ0v) is 14.4. The fourth-order valence-corrected chi connectivity index (χ4v) is 2.67. The molecule has 0 amide bonds. The fourth-order valence-electron chi connectivity index (χ4n) is 2.67. The molecule has 1 atom stereocenters. The van der Waals surface area contributed by atoms with Crippen molar-refractivity contribution in [2.45, 2.75) is 25.4 Å². The molecule has 2 aromatic carbocycles. The van der Waals surface area contributed by atoms with Crippen molar-refractivity contribution in [3.63, 3.8) is 0 Å². The van der Waals surface area contributed by atoms with Crippen molar-refractivity contribution < 1.29 is 24.5 Å². The summed E-state index contributed by atoms with van der Waals surface area (Å²) < 4.78 is 5.67. The van der Waals surface area contributed by atoms with E-state index in [1.54, 1.807) is 6.08 Å². The van der Waals surface area contributed by atoms with E-state index in [9.17, 15) is 9.59 Å². The monoisotopic (exact) mass is 354 g/mol.